The molecule has 4 aromatic rings. The minimum absolute atomic E-state index is 0.0380. The van der Waals surface area contributed by atoms with Crippen molar-refractivity contribution in [3.05, 3.63) is 93.8 Å². The van der Waals surface area contributed by atoms with E-state index in [1.54, 1.807) is 30.5 Å². The molecule has 0 saturated heterocycles. The van der Waals surface area contributed by atoms with Gasteiger partial charge in [0.2, 0.25) is 0 Å². The molecular formula is C31H38ClFN8O. The van der Waals surface area contributed by atoms with Crippen molar-refractivity contribution in [1.29, 1.82) is 0 Å². The molecule has 42 heavy (non-hydrogen) atoms. The molecule has 4 rings (SSSR count). The van der Waals surface area contributed by atoms with Gasteiger partial charge in [-0.2, -0.15) is 4.98 Å². The van der Waals surface area contributed by atoms with Crippen LogP contribution >= 0.6 is 11.6 Å². The van der Waals surface area contributed by atoms with Gasteiger partial charge in [-0.1, -0.05) is 29.8 Å². The molecule has 0 fully saturated rings. The molecule has 0 aliphatic heterocycles. The molecule has 0 aliphatic rings. The highest BCUT2D eigenvalue weighted by atomic mass is 35.5. The van der Waals surface area contributed by atoms with E-state index in [0.717, 1.165) is 30.4 Å². The molecule has 0 unspecified atom stereocenters. The molecule has 3 atom stereocenters. The van der Waals surface area contributed by atoms with E-state index in [0.29, 0.717) is 40.9 Å². The Morgan fingerprint density at radius 3 is 2.62 bits per heavy atom. The fourth-order valence-electron chi connectivity index (χ4n) is 4.84. The van der Waals surface area contributed by atoms with Crippen LogP contribution in [-0.4, -0.2) is 38.6 Å². The normalized spacial score (nSPS) is 13.5. The summed E-state index contributed by atoms with van der Waals surface area (Å²) in [6.45, 7) is 8.42. The Kier molecular flexibility index (Phi) is 10.2. The van der Waals surface area contributed by atoms with E-state index >= 15 is 4.39 Å². The van der Waals surface area contributed by atoms with Gasteiger partial charge in [0, 0.05) is 35.8 Å². The number of guanidine groups is 1. The van der Waals surface area contributed by atoms with E-state index in [9.17, 15) is 4.79 Å². The SMILES string of the molecule is C=C[C@@H](C[C@H](C)NCc1ccc(-n2cc3cc(-c4cc(CCC[C@H](C)N)cc(Cl)c4F)[nH]c3nc2=O)cc1)N=C(N)N. The number of aliphatic imine (C=N–C) groups is 1. The zero-order valence-corrected chi connectivity index (χ0v) is 24.7. The topological polar surface area (TPSA) is 153 Å². The molecule has 2 heterocycles. The molecule has 2 aromatic heterocycles. The molecule has 11 heteroatoms. The molecule has 0 saturated carbocycles. The Morgan fingerprint density at radius 2 is 1.95 bits per heavy atom. The van der Waals surface area contributed by atoms with Crippen LogP contribution < -0.4 is 28.2 Å². The zero-order chi connectivity index (χ0) is 30.4. The van der Waals surface area contributed by atoms with E-state index in [1.807, 2.05) is 31.2 Å². The summed E-state index contributed by atoms with van der Waals surface area (Å²) in [5.74, 6) is -0.486. The molecule has 8 N–H and O–H groups in total. The fourth-order valence-corrected chi connectivity index (χ4v) is 5.09. The van der Waals surface area contributed by atoms with Gasteiger partial charge >= 0.3 is 5.69 Å². The number of aromatic nitrogens is 3. The second-order valence-corrected chi connectivity index (χ2v) is 11.1. The Labute approximate surface area is 249 Å². The molecule has 0 bridgehead atoms. The number of rotatable bonds is 13. The Morgan fingerprint density at radius 1 is 1.21 bits per heavy atom. The van der Waals surface area contributed by atoms with Crippen LogP contribution in [0.5, 0.6) is 0 Å². The molecule has 222 valence electrons. The Bertz CT molecular complexity index is 1620. The third kappa shape index (κ3) is 7.84. The second kappa shape index (κ2) is 13.8. The Balaban J connectivity index is 1.51. The molecule has 2 aromatic carbocycles. The summed E-state index contributed by atoms with van der Waals surface area (Å²) in [6, 6.07) is 12.9. The Hall–Kier alpha value is -3.99. The third-order valence-electron chi connectivity index (χ3n) is 7.06. The fraction of sp³-hybridized carbons (Fsp3) is 0.323. The van der Waals surface area contributed by atoms with Crippen LogP contribution in [0.3, 0.4) is 0 Å². The first-order valence-corrected chi connectivity index (χ1v) is 14.3. The van der Waals surface area contributed by atoms with Crippen LogP contribution in [0.2, 0.25) is 5.02 Å². The van der Waals surface area contributed by atoms with E-state index < -0.39 is 11.5 Å². The number of hydrogen-bond donors (Lipinski definition) is 5. The standard InChI is InChI=1S/C31H38ClFN8O/c1-4-23(38-30(35)36)12-19(3)37-16-20-8-10-24(11-9-20)41-17-22-15-27(39-29(22)40-31(41)42)25-13-21(7-5-6-18(2)34)14-26(32)28(25)33/h4,8-11,13-15,17-19,23,37H,1,5-7,12,16,34H2,2-3H3,(H4,35,36,38)(H,39,40,42)/t18-,19-,23-/m0/s1. The second-order valence-electron chi connectivity index (χ2n) is 10.7. The molecule has 0 aliphatic carbocycles. The van der Waals surface area contributed by atoms with Crippen molar-refractivity contribution in [3.8, 4) is 16.9 Å². The van der Waals surface area contributed by atoms with Gasteiger partial charge in [-0.25, -0.2) is 14.2 Å². The minimum atomic E-state index is -0.524. The number of nitrogens with one attached hydrogen (secondary N) is 2. The number of hydrogen-bond acceptors (Lipinski definition) is 5. The van der Waals surface area contributed by atoms with Crippen molar-refractivity contribution < 1.29 is 4.39 Å². The van der Waals surface area contributed by atoms with Gasteiger partial charge in [0.1, 0.15) is 5.65 Å². The maximum atomic E-state index is 15.1. The predicted octanol–water partition coefficient (Wildman–Crippen LogP) is 4.54. The predicted molar refractivity (Wildman–Crippen MR) is 169 cm³/mol. The molecule has 9 nitrogen and oxygen atoms in total. The first-order chi connectivity index (χ1) is 20.0. The van der Waals surface area contributed by atoms with Crippen molar-refractivity contribution in [1.82, 2.24) is 19.9 Å². The number of halogens is 2. The summed E-state index contributed by atoms with van der Waals surface area (Å²) in [5.41, 5.74) is 20.2. The third-order valence-corrected chi connectivity index (χ3v) is 7.34. The van der Waals surface area contributed by atoms with Crippen molar-refractivity contribution in [2.75, 3.05) is 0 Å². The molecule has 0 amide bonds. The van der Waals surface area contributed by atoms with Crippen LogP contribution in [0.1, 0.15) is 44.2 Å². The van der Waals surface area contributed by atoms with Crippen LogP contribution in [0.4, 0.5) is 4.39 Å². The number of H-pyrrole nitrogens is 1. The van der Waals surface area contributed by atoms with Crippen LogP contribution in [-0.2, 0) is 13.0 Å². The van der Waals surface area contributed by atoms with Crippen molar-refractivity contribution in [2.45, 2.75) is 64.2 Å². The first-order valence-electron chi connectivity index (χ1n) is 13.9. The van der Waals surface area contributed by atoms with Gasteiger partial charge in [-0.15, -0.1) is 6.58 Å². The number of nitrogens with zero attached hydrogens (tertiary/aromatic N) is 3. The van der Waals surface area contributed by atoms with Gasteiger partial charge < -0.3 is 27.5 Å². The molecular weight excluding hydrogens is 555 g/mol. The highest BCUT2D eigenvalue weighted by molar-refractivity contribution is 6.31. The highest BCUT2D eigenvalue weighted by Crippen LogP contribution is 2.31. The lowest BCUT2D eigenvalue weighted by Crippen LogP contribution is -2.31. The minimum Gasteiger partial charge on any atom is -0.370 e. The number of nitrogens with two attached hydrogens (primary N) is 3. The quantitative estimate of drug-likeness (QED) is 0.0872. The van der Waals surface area contributed by atoms with E-state index in [-0.39, 0.29) is 29.1 Å². The summed E-state index contributed by atoms with van der Waals surface area (Å²) in [7, 11) is 0. The molecule has 0 spiro atoms. The van der Waals surface area contributed by atoms with Gasteiger partial charge in [-0.3, -0.25) is 4.57 Å². The summed E-state index contributed by atoms with van der Waals surface area (Å²) in [6.07, 6.45) is 6.58. The van der Waals surface area contributed by atoms with E-state index in [4.69, 9.17) is 28.8 Å². The van der Waals surface area contributed by atoms with Crippen LogP contribution in [0.15, 0.2) is 71.1 Å². The summed E-state index contributed by atoms with van der Waals surface area (Å²) in [5, 5.41) is 4.16. The smallest absolute Gasteiger partial charge is 0.354 e. The van der Waals surface area contributed by atoms with E-state index in [1.165, 1.54) is 4.57 Å². The summed E-state index contributed by atoms with van der Waals surface area (Å²) in [4.78, 5) is 24.4. The van der Waals surface area contributed by atoms with Crippen molar-refractivity contribution in [3.63, 3.8) is 0 Å². The van der Waals surface area contributed by atoms with Gasteiger partial charge in [0.05, 0.1) is 22.4 Å². The average molecular weight is 593 g/mol. The number of aromatic amines is 1. The van der Waals surface area contributed by atoms with Crippen LogP contribution in [0, 0.1) is 5.82 Å². The maximum Gasteiger partial charge on any atom is 0.354 e. The highest BCUT2D eigenvalue weighted by Gasteiger charge is 2.16. The van der Waals surface area contributed by atoms with E-state index in [2.05, 4.69) is 33.8 Å². The lowest BCUT2D eigenvalue weighted by atomic mass is 10.0. The van der Waals surface area contributed by atoms with Gasteiger partial charge in [0.15, 0.2) is 11.8 Å². The summed E-state index contributed by atoms with van der Waals surface area (Å²) < 4.78 is 16.5. The van der Waals surface area contributed by atoms with Crippen molar-refractivity contribution in [2.24, 2.45) is 22.2 Å². The number of fused-ring (bicyclic) bond motifs is 1. The van der Waals surface area contributed by atoms with Crippen molar-refractivity contribution >= 4 is 28.6 Å². The largest absolute Gasteiger partial charge is 0.370 e. The van der Waals surface area contributed by atoms with Gasteiger partial charge in [0.25, 0.3) is 0 Å². The maximum absolute atomic E-state index is 15.1. The van der Waals surface area contributed by atoms with Crippen LogP contribution in [0.25, 0.3) is 28.0 Å². The molecule has 0 radical (unpaired) electrons. The lowest BCUT2D eigenvalue weighted by molar-refractivity contribution is 0.493. The first kappa shape index (κ1) is 31.0. The monoisotopic (exact) mass is 592 g/mol. The lowest BCUT2D eigenvalue weighted by Gasteiger charge is -2.17. The number of benzene rings is 2. The summed E-state index contributed by atoms with van der Waals surface area (Å²) >= 11 is 6.23. The zero-order valence-electron chi connectivity index (χ0n) is 23.9. The average Bonchev–Trinajstić information content (AvgIpc) is 3.35. The van der Waals surface area contributed by atoms with Gasteiger partial charge in [-0.05, 0) is 81.0 Å². The number of aryl methyl sites for hydroxylation is 1.